The van der Waals surface area contributed by atoms with Crippen molar-refractivity contribution in [3.63, 3.8) is 0 Å². The second-order valence-corrected chi connectivity index (χ2v) is 5.70. The van der Waals surface area contributed by atoms with Gasteiger partial charge in [-0.3, -0.25) is 0 Å². The van der Waals surface area contributed by atoms with Crippen LogP contribution in [0.2, 0.25) is 0 Å². The van der Waals surface area contributed by atoms with E-state index < -0.39 is 11.5 Å². The maximum atomic E-state index is 12.3. The average Bonchev–Trinajstić information content (AvgIpc) is 2.71. The van der Waals surface area contributed by atoms with Gasteiger partial charge in [0.1, 0.15) is 5.54 Å². The maximum absolute atomic E-state index is 12.3. The molecule has 0 radical (unpaired) electrons. The number of carboxylic acids is 1. The summed E-state index contributed by atoms with van der Waals surface area (Å²) in [6, 6.07) is -0.179. The van der Waals surface area contributed by atoms with Crippen LogP contribution in [0, 0.1) is 0 Å². The molecule has 1 aliphatic rings. The van der Waals surface area contributed by atoms with Crippen LogP contribution >= 0.6 is 0 Å². The first-order valence-corrected chi connectivity index (χ1v) is 6.70. The van der Waals surface area contributed by atoms with Gasteiger partial charge >= 0.3 is 12.0 Å². The predicted octanol–water partition coefficient (Wildman–Crippen LogP) is 0.929. The molecule has 0 aliphatic carbocycles. The molecule has 110 valence electrons. The zero-order valence-corrected chi connectivity index (χ0v) is 12.3. The van der Waals surface area contributed by atoms with Crippen molar-refractivity contribution < 1.29 is 14.7 Å². The summed E-state index contributed by atoms with van der Waals surface area (Å²) in [7, 11) is 5.71. The molecule has 6 heteroatoms. The third-order valence-electron chi connectivity index (χ3n) is 3.76. The van der Waals surface area contributed by atoms with E-state index in [1.807, 2.05) is 14.1 Å². The van der Waals surface area contributed by atoms with Crippen LogP contribution < -0.4 is 0 Å². The van der Waals surface area contributed by atoms with E-state index in [9.17, 15) is 14.7 Å². The van der Waals surface area contributed by atoms with E-state index in [1.165, 1.54) is 4.90 Å². The Morgan fingerprint density at radius 2 is 1.89 bits per heavy atom. The minimum Gasteiger partial charge on any atom is -0.480 e. The van der Waals surface area contributed by atoms with Gasteiger partial charge in [0.05, 0.1) is 0 Å². The Morgan fingerprint density at radius 3 is 2.42 bits per heavy atom. The Balaban J connectivity index is 2.59. The highest BCUT2D eigenvalue weighted by Crippen LogP contribution is 2.30. The molecule has 0 aromatic heterocycles. The largest absolute Gasteiger partial charge is 0.480 e. The molecular formula is C13H25N3O3. The van der Waals surface area contributed by atoms with E-state index in [1.54, 1.807) is 18.9 Å². The summed E-state index contributed by atoms with van der Waals surface area (Å²) < 4.78 is 0. The van der Waals surface area contributed by atoms with Gasteiger partial charge in [0, 0.05) is 20.1 Å². The van der Waals surface area contributed by atoms with E-state index >= 15 is 0 Å². The third-order valence-corrected chi connectivity index (χ3v) is 3.76. The minimum absolute atomic E-state index is 0.179. The van der Waals surface area contributed by atoms with Crippen LogP contribution in [0.15, 0.2) is 0 Å². The number of likely N-dealkylation sites (tertiary alicyclic amines) is 1. The number of urea groups is 1. The van der Waals surface area contributed by atoms with E-state index in [4.69, 9.17) is 0 Å². The number of amides is 2. The molecule has 1 unspecified atom stereocenters. The number of carbonyl (C=O) groups is 2. The first-order valence-electron chi connectivity index (χ1n) is 6.70. The van der Waals surface area contributed by atoms with Gasteiger partial charge in [-0.05, 0) is 46.8 Å². The van der Waals surface area contributed by atoms with Gasteiger partial charge in [-0.2, -0.15) is 0 Å². The molecule has 0 bridgehead atoms. The van der Waals surface area contributed by atoms with Crippen molar-refractivity contribution >= 4 is 12.0 Å². The zero-order chi connectivity index (χ0) is 14.6. The highest BCUT2D eigenvalue weighted by atomic mass is 16.4. The van der Waals surface area contributed by atoms with E-state index in [0.717, 1.165) is 19.4 Å². The molecular weight excluding hydrogens is 246 g/mol. The van der Waals surface area contributed by atoms with Crippen LogP contribution in [-0.4, -0.2) is 78.1 Å². The van der Waals surface area contributed by atoms with Crippen molar-refractivity contribution in [1.29, 1.82) is 0 Å². The summed E-state index contributed by atoms with van der Waals surface area (Å²) in [5, 5.41) is 9.30. The second-order valence-electron chi connectivity index (χ2n) is 5.70. The van der Waals surface area contributed by atoms with Crippen molar-refractivity contribution in [2.75, 3.05) is 40.8 Å². The van der Waals surface area contributed by atoms with E-state index in [0.29, 0.717) is 19.5 Å². The lowest BCUT2D eigenvalue weighted by atomic mass is 10.00. The Kier molecular flexibility index (Phi) is 5.17. The van der Waals surface area contributed by atoms with E-state index in [2.05, 4.69) is 4.90 Å². The molecule has 0 spiro atoms. The topological polar surface area (TPSA) is 64.1 Å². The predicted molar refractivity (Wildman–Crippen MR) is 73.2 cm³/mol. The van der Waals surface area contributed by atoms with Crippen molar-refractivity contribution in [2.45, 2.75) is 31.7 Å². The Labute approximate surface area is 115 Å². The zero-order valence-electron chi connectivity index (χ0n) is 12.3. The summed E-state index contributed by atoms with van der Waals surface area (Å²) in [5.41, 5.74) is -1.05. The minimum atomic E-state index is -1.05. The second kappa shape index (κ2) is 6.23. The summed E-state index contributed by atoms with van der Waals surface area (Å²) in [6.45, 7) is 3.71. The van der Waals surface area contributed by atoms with Gasteiger partial charge in [0.2, 0.25) is 0 Å². The molecule has 1 N–H and O–H groups in total. The number of rotatable bonds is 5. The molecule has 1 saturated heterocycles. The fraction of sp³-hybridized carbons (Fsp3) is 0.846. The molecule has 1 aliphatic heterocycles. The molecule has 0 aromatic carbocycles. The molecule has 0 aromatic rings. The van der Waals surface area contributed by atoms with E-state index in [-0.39, 0.29) is 6.03 Å². The normalized spacial score (nSPS) is 22.9. The molecule has 1 rings (SSSR count). The summed E-state index contributed by atoms with van der Waals surface area (Å²) in [4.78, 5) is 28.8. The van der Waals surface area contributed by atoms with Gasteiger partial charge in [-0.25, -0.2) is 9.59 Å². The lowest BCUT2D eigenvalue weighted by Crippen LogP contribution is -2.54. The van der Waals surface area contributed by atoms with Crippen LogP contribution in [0.5, 0.6) is 0 Å². The molecule has 1 fully saturated rings. The van der Waals surface area contributed by atoms with Crippen LogP contribution in [0.25, 0.3) is 0 Å². The fourth-order valence-corrected chi connectivity index (χ4v) is 2.42. The van der Waals surface area contributed by atoms with Gasteiger partial charge in [-0.1, -0.05) is 0 Å². The smallest absolute Gasteiger partial charge is 0.329 e. The SMILES string of the molecule is CN(C)CCCN(C)C(=O)N1CCCC1(C)C(=O)O. The first-order chi connectivity index (χ1) is 8.79. The van der Waals surface area contributed by atoms with Gasteiger partial charge in [0.15, 0.2) is 0 Å². The average molecular weight is 271 g/mol. The van der Waals surface area contributed by atoms with Crippen LogP contribution in [0.4, 0.5) is 4.79 Å². The van der Waals surface area contributed by atoms with Crippen molar-refractivity contribution in [1.82, 2.24) is 14.7 Å². The Hall–Kier alpha value is -1.30. The monoisotopic (exact) mass is 271 g/mol. The Morgan fingerprint density at radius 1 is 1.26 bits per heavy atom. The molecule has 2 amide bonds. The molecule has 6 nitrogen and oxygen atoms in total. The number of aliphatic carboxylic acids is 1. The standard InChI is InChI=1S/C13H25N3O3/c1-13(11(17)18)7-5-10-16(13)12(19)15(4)9-6-8-14(2)3/h5-10H2,1-4H3,(H,17,18). The summed E-state index contributed by atoms with van der Waals surface area (Å²) >= 11 is 0. The van der Waals surface area contributed by atoms with Crippen molar-refractivity contribution in [2.24, 2.45) is 0 Å². The third kappa shape index (κ3) is 3.59. The fourth-order valence-electron chi connectivity index (χ4n) is 2.42. The van der Waals surface area contributed by atoms with Crippen LogP contribution in [0.1, 0.15) is 26.2 Å². The lowest BCUT2D eigenvalue weighted by Gasteiger charge is -2.34. The van der Waals surface area contributed by atoms with Crippen LogP contribution in [-0.2, 0) is 4.79 Å². The van der Waals surface area contributed by atoms with Gasteiger partial charge in [0.25, 0.3) is 0 Å². The van der Waals surface area contributed by atoms with Crippen LogP contribution in [0.3, 0.4) is 0 Å². The summed E-state index contributed by atoms with van der Waals surface area (Å²) in [6.07, 6.45) is 2.16. The Bertz CT molecular complexity index is 346. The highest BCUT2D eigenvalue weighted by Gasteiger charge is 2.46. The van der Waals surface area contributed by atoms with Crippen molar-refractivity contribution in [3.05, 3.63) is 0 Å². The number of hydrogen-bond acceptors (Lipinski definition) is 3. The van der Waals surface area contributed by atoms with Gasteiger partial charge < -0.3 is 19.8 Å². The number of nitrogens with zero attached hydrogens (tertiary/aromatic N) is 3. The first kappa shape index (κ1) is 15.8. The number of hydrogen-bond donors (Lipinski definition) is 1. The number of carboxylic acid groups (broad SMARTS) is 1. The maximum Gasteiger partial charge on any atom is 0.329 e. The van der Waals surface area contributed by atoms with Gasteiger partial charge in [-0.15, -0.1) is 0 Å². The quantitative estimate of drug-likeness (QED) is 0.808. The van der Waals surface area contributed by atoms with Crippen molar-refractivity contribution in [3.8, 4) is 0 Å². The molecule has 0 saturated carbocycles. The lowest BCUT2D eigenvalue weighted by molar-refractivity contribution is -0.147. The summed E-state index contributed by atoms with van der Waals surface area (Å²) in [5.74, 6) is -0.917. The highest BCUT2D eigenvalue weighted by molar-refractivity contribution is 5.86. The molecule has 1 atom stereocenters. The molecule has 19 heavy (non-hydrogen) atoms. The molecule has 1 heterocycles. The number of carbonyl (C=O) groups excluding carboxylic acids is 1.